The molecule has 0 bridgehead atoms. The summed E-state index contributed by atoms with van der Waals surface area (Å²) in [4.78, 5) is 31.0. The Labute approximate surface area is 101 Å². The Kier molecular flexibility index (Phi) is 15.2. The van der Waals surface area contributed by atoms with Gasteiger partial charge < -0.3 is 34.7 Å². The zero-order valence-corrected chi connectivity index (χ0v) is 10.0. The van der Waals surface area contributed by atoms with Crippen LogP contribution in [0, 0.1) is 0 Å². The Hall–Kier alpha value is 1.44. The van der Waals surface area contributed by atoms with E-state index in [1.165, 1.54) is 0 Å². The van der Waals surface area contributed by atoms with E-state index in [4.69, 9.17) is 19.6 Å². The molecule has 0 radical (unpaired) electrons. The Morgan fingerprint density at radius 2 is 1.08 bits per heavy atom. The van der Waals surface area contributed by atoms with E-state index in [0.29, 0.717) is 0 Å². The molecule has 0 saturated heterocycles. The molecule has 0 aliphatic rings. The molecular formula is H12CaN2O7P2. The molecule has 0 aromatic rings. The van der Waals surface area contributed by atoms with Crippen LogP contribution in [0.3, 0.4) is 0 Å². The smallest absolute Gasteiger partial charge is 1.00 e. The average molecular weight is 254 g/mol. The molecule has 0 aliphatic heterocycles. The number of phosphoric acid groups is 2. The predicted octanol–water partition coefficient (Wildman–Crippen LogP) is -0.643. The van der Waals surface area contributed by atoms with E-state index in [-0.39, 0.29) is 52.9 Å². The van der Waals surface area contributed by atoms with Gasteiger partial charge in [-0.3, -0.25) is 0 Å². The first kappa shape index (κ1) is 23.3. The minimum absolute atomic E-state index is 0. The van der Waals surface area contributed by atoms with Crippen LogP contribution in [0.25, 0.3) is 0 Å². The van der Waals surface area contributed by atoms with Crippen LogP contribution in [0.15, 0.2) is 0 Å². The van der Waals surface area contributed by atoms with E-state index in [1.807, 2.05) is 0 Å². The van der Waals surface area contributed by atoms with Crippen LogP contribution in [0.4, 0.5) is 0 Å². The summed E-state index contributed by atoms with van der Waals surface area (Å²) in [5, 5.41) is 0. The summed E-state index contributed by atoms with van der Waals surface area (Å²) in [6.45, 7) is 0. The Balaban J connectivity index is -0.0000000320. The second-order valence-electron chi connectivity index (χ2n) is 1.06. The van der Waals surface area contributed by atoms with Crippen molar-refractivity contribution in [1.29, 1.82) is 0 Å². The monoisotopic (exact) mass is 254 g/mol. The fourth-order valence-electron chi connectivity index (χ4n) is 0.139. The fraction of sp³-hybridized carbons (Fsp3) is 0. The summed E-state index contributed by atoms with van der Waals surface area (Å²) < 4.78 is 22.2. The summed E-state index contributed by atoms with van der Waals surface area (Å²) in [6.07, 6.45) is 0. The van der Waals surface area contributed by atoms with Gasteiger partial charge >= 0.3 is 53.4 Å². The van der Waals surface area contributed by atoms with Crippen LogP contribution in [0.5, 0.6) is 0 Å². The molecule has 12 heteroatoms. The third-order valence-corrected chi connectivity index (χ3v) is 1.91. The summed E-state index contributed by atoms with van der Waals surface area (Å²) in [5.41, 5.74) is 0. The molecule has 9 nitrogen and oxygen atoms in total. The van der Waals surface area contributed by atoms with E-state index >= 15 is 0 Å². The van der Waals surface area contributed by atoms with Gasteiger partial charge in [-0.25, -0.2) is 9.13 Å². The van der Waals surface area contributed by atoms with Gasteiger partial charge in [0.15, 0.2) is 0 Å². The van der Waals surface area contributed by atoms with Gasteiger partial charge in [-0.1, -0.05) is 0 Å². The molecular weight excluding hydrogens is 242 g/mol. The van der Waals surface area contributed by atoms with E-state index in [1.54, 1.807) is 0 Å². The normalized spacial score (nSPS) is 10.3. The maximum absolute atomic E-state index is 9.63. The van der Waals surface area contributed by atoms with Gasteiger partial charge in [-0.2, -0.15) is 4.31 Å². The first-order valence-corrected chi connectivity index (χ1v) is 4.59. The number of hydrogen-bond donors (Lipinski definition) is 6. The zero-order chi connectivity index (χ0) is 7.71. The van der Waals surface area contributed by atoms with E-state index in [9.17, 15) is 9.13 Å². The second kappa shape index (κ2) is 7.81. The van der Waals surface area contributed by atoms with Crippen molar-refractivity contribution >= 4 is 53.4 Å². The molecule has 0 aromatic heterocycles. The Morgan fingerprint density at radius 1 is 0.917 bits per heavy atom. The topological polar surface area (TPSA) is 194 Å². The zero-order valence-electron chi connectivity index (χ0n) is 8.03. The van der Waals surface area contributed by atoms with E-state index in [0.717, 1.165) is 0 Å². The van der Waals surface area contributed by atoms with Gasteiger partial charge in [0.1, 0.15) is 0 Å². The Bertz CT molecular complexity index is 168. The van der Waals surface area contributed by atoms with Gasteiger partial charge in [0.2, 0.25) is 0 Å². The van der Waals surface area contributed by atoms with Crippen LogP contribution in [0.2, 0.25) is 0 Å². The standard InChI is InChI=1S/Ca.2H3N.H4O7P2.2H/c;;;1-8(2,3)7-9(4,5)6;;/h;2*1H3;(H2,1,2,3)(H2,4,5,6);;/q+2;;;;2*-1. The molecule has 0 heterocycles. The summed E-state index contributed by atoms with van der Waals surface area (Å²) in [5.74, 6) is 0. The van der Waals surface area contributed by atoms with Crippen molar-refractivity contribution in [1.82, 2.24) is 12.3 Å². The van der Waals surface area contributed by atoms with Crippen molar-refractivity contribution in [2.75, 3.05) is 0 Å². The molecule has 0 fully saturated rings. The third kappa shape index (κ3) is 22.5. The molecule has 0 rings (SSSR count). The maximum Gasteiger partial charge on any atom is 2.00 e. The summed E-state index contributed by atoms with van der Waals surface area (Å²) >= 11 is 0. The van der Waals surface area contributed by atoms with Crippen LogP contribution >= 0.6 is 15.6 Å². The van der Waals surface area contributed by atoms with Crippen molar-refractivity contribution in [3.8, 4) is 0 Å². The first-order chi connectivity index (χ1) is 3.71. The minimum atomic E-state index is -5.05. The molecule has 12 heavy (non-hydrogen) atoms. The van der Waals surface area contributed by atoms with Crippen LogP contribution < -0.4 is 12.3 Å². The number of rotatable bonds is 2. The van der Waals surface area contributed by atoms with Gasteiger partial charge in [-0.15, -0.1) is 0 Å². The molecule has 0 atom stereocenters. The van der Waals surface area contributed by atoms with Crippen LogP contribution in [-0.4, -0.2) is 57.3 Å². The SMILES string of the molecule is N.N.O=P(O)(O)OP(=O)(O)O.[Ca+2].[H-].[H-]. The van der Waals surface area contributed by atoms with Gasteiger partial charge in [-0.05, 0) is 0 Å². The quantitative estimate of drug-likeness (QED) is 0.274. The maximum atomic E-state index is 9.63. The van der Waals surface area contributed by atoms with Crippen molar-refractivity contribution in [3.05, 3.63) is 0 Å². The molecule has 10 N–H and O–H groups in total. The molecule has 0 saturated carbocycles. The van der Waals surface area contributed by atoms with Gasteiger partial charge in [0.25, 0.3) is 0 Å². The molecule has 0 unspecified atom stereocenters. The molecule has 0 amide bonds. The van der Waals surface area contributed by atoms with Crippen molar-refractivity contribution in [2.45, 2.75) is 0 Å². The van der Waals surface area contributed by atoms with Crippen molar-refractivity contribution < 1.29 is 35.9 Å². The predicted molar refractivity (Wildman–Crippen MR) is 43.2 cm³/mol. The van der Waals surface area contributed by atoms with Gasteiger partial charge in [0.05, 0.1) is 0 Å². The summed E-state index contributed by atoms with van der Waals surface area (Å²) in [6, 6.07) is 0. The summed E-state index contributed by atoms with van der Waals surface area (Å²) in [7, 11) is -10.1. The first-order valence-electron chi connectivity index (χ1n) is 1.53. The van der Waals surface area contributed by atoms with E-state index < -0.39 is 15.6 Å². The number of hydrogen-bond acceptors (Lipinski definition) is 5. The van der Waals surface area contributed by atoms with Crippen molar-refractivity contribution in [2.24, 2.45) is 0 Å². The molecule has 0 aliphatic carbocycles. The van der Waals surface area contributed by atoms with Gasteiger partial charge in [0, 0.05) is 0 Å². The van der Waals surface area contributed by atoms with Crippen LogP contribution in [0.1, 0.15) is 2.85 Å². The molecule has 76 valence electrons. The fourth-order valence-corrected chi connectivity index (χ4v) is 1.25. The third-order valence-electron chi connectivity index (χ3n) is 0.213. The van der Waals surface area contributed by atoms with Crippen LogP contribution in [-0.2, 0) is 13.4 Å². The van der Waals surface area contributed by atoms with E-state index in [2.05, 4.69) is 4.31 Å². The molecule has 0 spiro atoms. The van der Waals surface area contributed by atoms with Crippen molar-refractivity contribution in [3.63, 3.8) is 0 Å². The average Bonchev–Trinajstić information content (AvgIpc) is 1.14. The minimum Gasteiger partial charge on any atom is -1.00 e. The largest absolute Gasteiger partial charge is 2.00 e. The Morgan fingerprint density at radius 3 is 1.08 bits per heavy atom. The second-order valence-corrected chi connectivity index (χ2v) is 3.68. The molecule has 0 aromatic carbocycles.